The molecular formula is C25H26Cl2F3N3O. The van der Waals surface area contributed by atoms with Crippen LogP contribution in [0.2, 0.25) is 10.0 Å². The van der Waals surface area contributed by atoms with Crippen molar-refractivity contribution in [3.05, 3.63) is 68.5 Å². The van der Waals surface area contributed by atoms with Crippen LogP contribution in [0, 0.1) is 0 Å². The molecule has 0 spiro atoms. The summed E-state index contributed by atoms with van der Waals surface area (Å²) in [5.74, 6) is 0. The highest BCUT2D eigenvalue weighted by atomic mass is 35.5. The third-order valence-corrected chi connectivity index (χ3v) is 7.49. The molecule has 3 aliphatic rings. The van der Waals surface area contributed by atoms with Crippen LogP contribution in [-0.4, -0.2) is 54.8 Å². The van der Waals surface area contributed by atoms with Gasteiger partial charge in [-0.3, -0.25) is 4.90 Å². The Morgan fingerprint density at radius 2 is 1.97 bits per heavy atom. The first kappa shape index (κ1) is 24.1. The fraction of sp³-hybridized carbons (Fsp3) is 0.480. The van der Waals surface area contributed by atoms with Crippen LogP contribution in [-0.2, 0) is 23.8 Å². The summed E-state index contributed by atoms with van der Waals surface area (Å²) < 4.78 is 44.8. The Morgan fingerprint density at radius 1 is 1.15 bits per heavy atom. The lowest BCUT2D eigenvalue weighted by Crippen LogP contribution is -2.53. The number of fused-ring (bicyclic) bond motifs is 2. The Labute approximate surface area is 207 Å². The molecule has 1 aromatic heterocycles. The SMILES string of the molecule is FC(F)(F)c1nc(CCCN2CCC3=C(Cc4ccc(Cl)cc43)C2CNC2COC2)ccc1Cl. The molecule has 2 aliphatic heterocycles. The number of alkyl halides is 3. The number of aromatic nitrogens is 1. The van der Waals surface area contributed by atoms with Gasteiger partial charge in [0.1, 0.15) is 0 Å². The van der Waals surface area contributed by atoms with Gasteiger partial charge in [0.25, 0.3) is 0 Å². The van der Waals surface area contributed by atoms with E-state index in [1.54, 1.807) is 6.07 Å². The minimum Gasteiger partial charge on any atom is -0.378 e. The lowest BCUT2D eigenvalue weighted by atomic mass is 9.92. The summed E-state index contributed by atoms with van der Waals surface area (Å²) in [5.41, 5.74) is 4.83. The molecule has 5 rings (SSSR count). The van der Waals surface area contributed by atoms with Gasteiger partial charge in [-0.2, -0.15) is 13.2 Å². The number of benzene rings is 1. The van der Waals surface area contributed by atoms with Crippen LogP contribution >= 0.6 is 23.2 Å². The normalized spacial score (nSPS) is 20.9. The van der Waals surface area contributed by atoms with Gasteiger partial charge in [-0.05, 0) is 78.8 Å². The lowest BCUT2D eigenvalue weighted by Gasteiger charge is -2.39. The second kappa shape index (κ2) is 9.78. The molecule has 9 heteroatoms. The van der Waals surface area contributed by atoms with Crippen LogP contribution in [0.1, 0.15) is 35.4 Å². The van der Waals surface area contributed by atoms with E-state index in [9.17, 15) is 13.2 Å². The highest BCUT2D eigenvalue weighted by molar-refractivity contribution is 6.31. The van der Waals surface area contributed by atoms with Gasteiger partial charge >= 0.3 is 6.18 Å². The summed E-state index contributed by atoms with van der Waals surface area (Å²) >= 11 is 12.0. The summed E-state index contributed by atoms with van der Waals surface area (Å²) in [4.78, 5) is 6.25. The van der Waals surface area contributed by atoms with Gasteiger partial charge in [0, 0.05) is 29.8 Å². The van der Waals surface area contributed by atoms with E-state index < -0.39 is 11.9 Å². The third kappa shape index (κ3) is 5.00. The minimum absolute atomic E-state index is 0.236. The van der Waals surface area contributed by atoms with Gasteiger partial charge in [0.15, 0.2) is 5.69 Å². The highest BCUT2D eigenvalue weighted by Gasteiger charge is 2.36. The summed E-state index contributed by atoms with van der Waals surface area (Å²) in [5, 5.41) is 4.02. The molecule has 1 aromatic carbocycles. The number of hydrogen-bond acceptors (Lipinski definition) is 4. The molecule has 4 nitrogen and oxygen atoms in total. The van der Waals surface area contributed by atoms with Crippen LogP contribution in [0.5, 0.6) is 0 Å². The van der Waals surface area contributed by atoms with Gasteiger partial charge in [0.05, 0.1) is 24.3 Å². The summed E-state index contributed by atoms with van der Waals surface area (Å²) in [6.45, 7) is 3.98. The first-order valence-electron chi connectivity index (χ1n) is 11.6. The Hall–Kier alpha value is -1.64. The van der Waals surface area contributed by atoms with Crippen molar-refractivity contribution in [2.75, 3.05) is 32.8 Å². The Balaban J connectivity index is 1.29. The van der Waals surface area contributed by atoms with Crippen LogP contribution < -0.4 is 5.32 Å². The molecule has 2 aromatic rings. The van der Waals surface area contributed by atoms with Crippen LogP contribution in [0.3, 0.4) is 0 Å². The predicted molar refractivity (Wildman–Crippen MR) is 127 cm³/mol. The number of aryl methyl sites for hydroxylation is 1. The summed E-state index contributed by atoms with van der Waals surface area (Å²) in [6, 6.07) is 9.63. The highest BCUT2D eigenvalue weighted by Crippen LogP contribution is 2.42. The number of rotatable bonds is 7. The molecule has 1 N–H and O–H groups in total. The van der Waals surface area contributed by atoms with Crippen molar-refractivity contribution < 1.29 is 17.9 Å². The quantitative estimate of drug-likeness (QED) is 0.539. The maximum atomic E-state index is 13.2. The van der Waals surface area contributed by atoms with Crippen molar-refractivity contribution in [3.8, 4) is 0 Å². The fourth-order valence-electron chi connectivity index (χ4n) is 5.15. The van der Waals surface area contributed by atoms with Crippen LogP contribution in [0.4, 0.5) is 13.2 Å². The van der Waals surface area contributed by atoms with Gasteiger partial charge < -0.3 is 10.1 Å². The molecule has 0 bridgehead atoms. The standard InChI is InChI=1S/C25H26Cl2F3N3O/c26-16-4-3-15-10-21-19(20(15)11-16)7-9-33(23(21)12-31-18-13-34-14-18)8-1-2-17-5-6-22(27)24(32-17)25(28,29)30/h3-6,11,18,23,31H,1-2,7-10,12-14H2. The van der Waals surface area contributed by atoms with E-state index in [-0.39, 0.29) is 11.1 Å². The summed E-state index contributed by atoms with van der Waals surface area (Å²) in [7, 11) is 0. The first-order chi connectivity index (χ1) is 16.3. The maximum Gasteiger partial charge on any atom is 0.434 e. The zero-order valence-corrected chi connectivity index (χ0v) is 20.1. The third-order valence-electron chi connectivity index (χ3n) is 6.95. The topological polar surface area (TPSA) is 37.4 Å². The average Bonchev–Trinajstić information content (AvgIpc) is 3.12. The molecule has 34 heavy (non-hydrogen) atoms. The van der Waals surface area contributed by atoms with Gasteiger partial charge in [-0.15, -0.1) is 0 Å². The number of pyridine rings is 1. The Bertz CT molecular complexity index is 1100. The lowest BCUT2D eigenvalue weighted by molar-refractivity contribution is -0.141. The van der Waals surface area contributed by atoms with Crippen molar-refractivity contribution in [1.82, 2.24) is 15.2 Å². The number of halogens is 5. The minimum atomic E-state index is -4.55. The Morgan fingerprint density at radius 3 is 2.71 bits per heavy atom. The van der Waals surface area contributed by atoms with Crippen LogP contribution in [0.25, 0.3) is 5.57 Å². The second-order valence-electron chi connectivity index (χ2n) is 9.16. The molecule has 1 fully saturated rings. The van der Waals surface area contributed by atoms with Crippen molar-refractivity contribution in [1.29, 1.82) is 0 Å². The monoisotopic (exact) mass is 511 g/mol. The molecule has 1 saturated heterocycles. The van der Waals surface area contributed by atoms with E-state index in [1.165, 1.54) is 28.3 Å². The molecule has 3 heterocycles. The van der Waals surface area contributed by atoms with Crippen LogP contribution in [0.15, 0.2) is 35.9 Å². The van der Waals surface area contributed by atoms with Gasteiger partial charge in [-0.1, -0.05) is 29.3 Å². The number of ether oxygens (including phenoxy) is 1. The molecule has 1 unspecified atom stereocenters. The molecular weight excluding hydrogens is 486 g/mol. The van der Waals surface area contributed by atoms with E-state index in [2.05, 4.69) is 27.3 Å². The zero-order chi connectivity index (χ0) is 23.9. The molecule has 1 atom stereocenters. The molecule has 0 saturated carbocycles. The van der Waals surface area contributed by atoms with E-state index in [0.717, 1.165) is 57.1 Å². The largest absolute Gasteiger partial charge is 0.434 e. The Kier molecular flexibility index (Phi) is 6.93. The molecule has 182 valence electrons. The smallest absolute Gasteiger partial charge is 0.378 e. The van der Waals surface area contributed by atoms with Gasteiger partial charge in [-0.25, -0.2) is 4.98 Å². The second-order valence-corrected chi connectivity index (χ2v) is 10.0. The maximum absolute atomic E-state index is 13.2. The summed E-state index contributed by atoms with van der Waals surface area (Å²) in [6.07, 6.45) is -1.50. The van der Waals surface area contributed by atoms with Crippen molar-refractivity contribution in [3.63, 3.8) is 0 Å². The first-order valence-corrected chi connectivity index (χ1v) is 12.3. The zero-order valence-electron chi connectivity index (χ0n) is 18.6. The average molecular weight is 512 g/mol. The number of nitrogens with zero attached hydrogens (tertiary/aromatic N) is 2. The molecule has 0 radical (unpaired) electrons. The predicted octanol–water partition coefficient (Wildman–Crippen LogP) is 5.41. The molecule has 1 aliphatic carbocycles. The number of nitrogens with one attached hydrogen (secondary N) is 1. The van der Waals surface area contributed by atoms with E-state index in [4.69, 9.17) is 27.9 Å². The van der Waals surface area contributed by atoms with Crippen molar-refractivity contribution >= 4 is 28.8 Å². The number of hydrogen-bond donors (Lipinski definition) is 1. The van der Waals surface area contributed by atoms with E-state index >= 15 is 0 Å². The van der Waals surface area contributed by atoms with Crippen molar-refractivity contribution in [2.24, 2.45) is 0 Å². The van der Waals surface area contributed by atoms with Crippen molar-refractivity contribution in [2.45, 2.75) is 43.9 Å². The van der Waals surface area contributed by atoms with E-state index in [0.29, 0.717) is 18.2 Å². The van der Waals surface area contributed by atoms with Gasteiger partial charge in [0.2, 0.25) is 0 Å². The fourth-order valence-corrected chi connectivity index (χ4v) is 5.53. The van der Waals surface area contributed by atoms with E-state index in [1.807, 2.05) is 6.07 Å². The molecule has 0 amide bonds.